The monoisotopic (exact) mass is 173 g/mol. The molecule has 11 heavy (non-hydrogen) atoms. The summed E-state index contributed by atoms with van der Waals surface area (Å²) in [6.07, 6.45) is 3.94. The van der Waals surface area contributed by atoms with Gasteiger partial charge in [0.2, 0.25) is 0 Å². The smallest absolute Gasteiger partial charge is 0.250 e. The Morgan fingerprint density at radius 1 is 1.82 bits per heavy atom. The highest BCUT2D eigenvalue weighted by Crippen LogP contribution is 2.05. The molecule has 0 radical (unpaired) electrons. The molecule has 0 aliphatic carbocycles. The lowest BCUT2D eigenvalue weighted by atomic mass is 10.5. The van der Waals surface area contributed by atoms with Crippen molar-refractivity contribution in [1.29, 1.82) is 0 Å². The van der Waals surface area contributed by atoms with E-state index in [1.165, 1.54) is 17.4 Å². The topological polar surface area (TPSA) is 39.2 Å². The number of halogens is 1. The first kappa shape index (κ1) is 7.87. The zero-order valence-electron chi connectivity index (χ0n) is 5.36. The Bertz CT molecular complexity index is 258. The highest BCUT2D eigenvalue weighted by molar-refractivity contribution is 7.10. The van der Waals surface area contributed by atoms with Crippen molar-refractivity contribution in [2.24, 2.45) is 0 Å². The summed E-state index contributed by atoms with van der Waals surface area (Å²) < 4.78 is 11.1. The van der Waals surface area contributed by atoms with Gasteiger partial charge in [-0.3, -0.25) is 4.94 Å². The minimum atomic E-state index is -1.03. The number of hydrogen-bond acceptors (Lipinski definition) is 4. The lowest BCUT2D eigenvalue weighted by molar-refractivity contribution is -0.176. The number of carbonyl (C=O) groups excluding carboxylic acids is 1. The summed E-state index contributed by atoms with van der Waals surface area (Å²) in [5, 5.41) is 2.39. The molecule has 0 amide bonds. The van der Waals surface area contributed by atoms with Crippen LogP contribution in [-0.2, 0) is 9.74 Å². The van der Waals surface area contributed by atoms with Crippen LogP contribution >= 0.6 is 11.3 Å². The van der Waals surface area contributed by atoms with Gasteiger partial charge in [-0.15, -0.1) is 11.3 Å². The maximum Gasteiger partial charge on any atom is 0.372 e. The van der Waals surface area contributed by atoms with E-state index in [1.54, 1.807) is 11.6 Å². The van der Waals surface area contributed by atoms with Gasteiger partial charge < -0.3 is 0 Å². The van der Waals surface area contributed by atoms with E-state index in [2.05, 4.69) is 9.93 Å². The van der Waals surface area contributed by atoms with Crippen LogP contribution in [0, 0.1) is 0 Å². The van der Waals surface area contributed by atoms with Crippen molar-refractivity contribution < 1.29 is 14.3 Å². The fraction of sp³-hybridized carbons (Fsp3) is 0. The zero-order chi connectivity index (χ0) is 8.10. The number of rotatable bonds is 2. The first-order valence-electron chi connectivity index (χ1n) is 2.73. The largest absolute Gasteiger partial charge is 0.372 e. The van der Waals surface area contributed by atoms with Gasteiger partial charge in [-0.1, -0.05) is 0 Å². The number of nitrogens with zero attached hydrogens (tertiary/aromatic N) is 1. The van der Waals surface area contributed by atoms with Crippen LogP contribution in [0.3, 0.4) is 0 Å². The molecule has 0 N–H and O–H groups in total. The summed E-state index contributed by atoms with van der Waals surface area (Å²) in [5.74, 6) is -1.03. The average Bonchev–Trinajstić information content (AvgIpc) is 2.52. The first-order valence-corrected chi connectivity index (χ1v) is 3.61. The van der Waals surface area contributed by atoms with Crippen LogP contribution in [0.15, 0.2) is 17.7 Å². The van der Waals surface area contributed by atoms with Gasteiger partial charge in [0.05, 0.1) is 0 Å². The first-order chi connectivity index (χ1) is 5.33. The van der Waals surface area contributed by atoms with Crippen LogP contribution in [0.5, 0.6) is 0 Å². The van der Waals surface area contributed by atoms with Crippen LogP contribution in [-0.4, -0.2) is 11.0 Å². The second-order valence-electron chi connectivity index (χ2n) is 1.60. The minimum Gasteiger partial charge on any atom is -0.250 e. The molecule has 0 unspecified atom stereocenters. The predicted octanol–water partition coefficient (Wildman–Crippen LogP) is 1.58. The lowest BCUT2D eigenvalue weighted by Gasteiger charge is -1.81. The molecule has 5 heteroatoms. The molecule has 0 atom stereocenters. The van der Waals surface area contributed by atoms with E-state index in [-0.39, 0.29) is 0 Å². The van der Waals surface area contributed by atoms with Gasteiger partial charge in [0.25, 0.3) is 0 Å². The Labute approximate surface area is 66.0 Å². The molecule has 0 saturated carbocycles. The highest BCUT2D eigenvalue weighted by atomic mass is 32.1. The molecule has 1 aromatic heterocycles. The van der Waals surface area contributed by atoms with Gasteiger partial charge in [-0.25, -0.2) is 9.78 Å². The quantitative estimate of drug-likeness (QED) is 0.637. The normalized spacial score (nSPS) is 10.3. The summed E-state index contributed by atoms with van der Waals surface area (Å²) in [4.78, 5) is 16.9. The predicted molar refractivity (Wildman–Crippen MR) is 38.3 cm³/mol. The van der Waals surface area contributed by atoms with Crippen molar-refractivity contribution in [3.63, 3.8) is 0 Å². The molecule has 0 aromatic carbocycles. The molecule has 3 nitrogen and oxygen atoms in total. The van der Waals surface area contributed by atoms with Crippen molar-refractivity contribution >= 4 is 23.4 Å². The van der Waals surface area contributed by atoms with Crippen molar-refractivity contribution in [3.8, 4) is 0 Å². The van der Waals surface area contributed by atoms with Crippen molar-refractivity contribution in [2.45, 2.75) is 0 Å². The van der Waals surface area contributed by atoms with E-state index in [4.69, 9.17) is 0 Å². The third kappa shape index (κ3) is 2.46. The number of thiazole rings is 1. The minimum absolute atomic E-state index is 0.635. The van der Waals surface area contributed by atoms with Crippen LogP contribution in [0.4, 0.5) is 4.53 Å². The molecule has 1 heterocycles. The van der Waals surface area contributed by atoms with Crippen LogP contribution in [0.1, 0.15) is 5.01 Å². The molecule has 1 rings (SSSR count). The Hall–Kier alpha value is -1.23. The summed E-state index contributed by atoms with van der Waals surface area (Å²) in [7, 11) is 0. The van der Waals surface area contributed by atoms with Gasteiger partial charge >= 0.3 is 5.97 Å². The van der Waals surface area contributed by atoms with Gasteiger partial charge in [0.15, 0.2) is 0 Å². The molecule has 0 fully saturated rings. The van der Waals surface area contributed by atoms with E-state index in [0.29, 0.717) is 5.01 Å². The average molecular weight is 173 g/mol. The molecule has 58 valence electrons. The number of aromatic nitrogens is 1. The number of hydrogen-bond donors (Lipinski definition) is 0. The van der Waals surface area contributed by atoms with E-state index in [1.807, 2.05) is 0 Å². The van der Waals surface area contributed by atoms with E-state index < -0.39 is 5.97 Å². The van der Waals surface area contributed by atoms with Gasteiger partial charge in [-0.05, 0) is 6.08 Å². The summed E-state index contributed by atoms with van der Waals surface area (Å²) in [6.45, 7) is 0. The highest BCUT2D eigenvalue weighted by Gasteiger charge is 1.95. The maximum absolute atomic E-state index is 11.1. The lowest BCUT2D eigenvalue weighted by Crippen LogP contribution is -1.89. The van der Waals surface area contributed by atoms with E-state index in [9.17, 15) is 9.32 Å². The zero-order valence-corrected chi connectivity index (χ0v) is 6.18. The Balaban J connectivity index is 2.55. The number of carbonyl (C=O) groups is 1. The molecular weight excluding hydrogens is 169 g/mol. The van der Waals surface area contributed by atoms with Crippen molar-refractivity contribution in [2.75, 3.05) is 0 Å². The fourth-order valence-corrected chi connectivity index (χ4v) is 1.01. The molecule has 0 aliphatic heterocycles. The van der Waals surface area contributed by atoms with Crippen molar-refractivity contribution in [3.05, 3.63) is 22.7 Å². The summed E-state index contributed by atoms with van der Waals surface area (Å²) in [5.41, 5.74) is 0. The molecule has 1 aromatic rings. The molecule has 0 spiro atoms. The van der Waals surface area contributed by atoms with Crippen molar-refractivity contribution in [1.82, 2.24) is 4.98 Å². The van der Waals surface area contributed by atoms with Gasteiger partial charge in [-0.2, -0.15) is 0 Å². The second-order valence-corrected chi connectivity index (χ2v) is 2.53. The van der Waals surface area contributed by atoms with Crippen LogP contribution < -0.4 is 0 Å². The standard InChI is InChI=1S/C6H4FNO2S/c7-10-6(9)2-1-5-8-3-4-11-5/h1-4H. The van der Waals surface area contributed by atoms with E-state index >= 15 is 0 Å². The van der Waals surface area contributed by atoms with E-state index in [0.717, 1.165) is 6.08 Å². The third-order valence-corrected chi connectivity index (χ3v) is 1.63. The maximum atomic E-state index is 11.1. The van der Waals surface area contributed by atoms with Crippen LogP contribution in [0.2, 0.25) is 0 Å². The third-order valence-electron chi connectivity index (χ3n) is 0.889. The van der Waals surface area contributed by atoms with Gasteiger partial charge in [0, 0.05) is 22.2 Å². The molecule has 0 saturated heterocycles. The SMILES string of the molecule is O=C(C=Cc1nccs1)OF. The molecule has 0 bridgehead atoms. The molecular formula is C6H4FNO2S. The Kier molecular flexibility index (Phi) is 2.74. The van der Waals surface area contributed by atoms with Crippen LogP contribution in [0.25, 0.3) is 6.08 Å². The Morgan fingerprint density at radius 2 is 2.64 bits per heavy atom. The summed E-state index contributed by atoms with van der Waals surface area (Å²) >= 11 is 1.35. The Morgan fingerprint density at radius 3 is 3.18 bits per heavy atom. The second kappa shape index (κ2) is 3.82. The summed E-state index contributed by atoms with van der Waals surface area (Å²) in [6, 6.07) is 0. The fourth-order valence-electron chi connectivity index (χ4n) is 0.482. The van der Waals surface area contributed by atoms with Gasteiger partial charge in [0.1, 0.15) is 5.01 Å². The molecule has 0 aliphatic rings.